The molecule has 0 aliphatic carbocycles. The molecule has 0 atom stereocenters. The average Bonchev–Trinajstić information content (AvgIpc) is 2.81. The van der Waals surface area contributed by atoms with E-state index in [1.807, 2.05) is 57.2 Å². The predicted octanol–water partition coefficient (Wildman–Crippen LogP) is 4.72. The SMILES string of the molecule is CC(C)(C)NC(=O)c1cccc(NCC(=O)Nc2ccc(OCCOc3ccccc3)cc2)c1. The number of nitrogens with one attached hydrogen (secondary N) is 3. The van der Waals surface area contributed by atoms with Gasteiger partial charge in [0.15, 0.2) is 0 Å². The molecule has 0 aliphatic heterocycles. The summed E-state index contributed by atoms with van der Waals surface area (Å²) < 4.78 is 11.3. The molecule has 0 spiro atoms. The maximum absolute atomic E-state index is 12.3. The van der Waals surface area contributed by atoms with E-state index in [9.17, 15) is 9.59 Å². The first-order valence-electron chi connectivity index (χ1n) is 11.2. The third-order valence-electron chi connectivity index (χ3n) is 4.57. The normalized spacial score (nSPS) is 10.8. The lowest BCUT2D eigenvalue weighted by Gasteiger charge is -2.20. The summed E-state index contributed by atoms with van der Waals surface area (Å²) >= 11 is 0. The monoisotopic (exact) mass is 461 g/mol. The van der Waals surface area contributed by atoms with Gasteiger partial charge in [-0.1, -0.05) is 24.3 Å². The lowest BCUT2D eigenvalue weighted by molar-refractivity contribution is -0.114. The van der Waals surface area contributed by atoms with Crippen molar-refractivity contribution in [3.05, 3.63) is 84.4 Å². The summed E-state index contributed by atoms with van der Waals surface area (Å²) in [6.45, 7) is 6.70. The molecule has 0 heterocycles. The molecule has 3 N–H and O–H groups in total. The Hall–Kier alpha value is -4.00. The molecule has 0 unspecified atom stereocenters. The fraction of sp³-hybridized carbons (Fsp3) is 0.259. The second kappa shape index (κ2) is 11.7. The fourth-order valence-electron chi connectivity index (χ4n) is 3.04. The smallest absolute Gasteiger partial charge is 0.251 e. The van der Waals surface area contributed by atoms with Crippen LogP contribution in [0, 0.1) is 0 Å². The molecule has 0 fully saturated rings. The standard InChI is InChI=1S/C27H31N3O4/c1-27(2,3)30-26(32)20-8-7-9-22(18-20)28-19-25(31)29-21-12-14-24(15-13-21)34-17-16-33-23-10-5-4-6-11-23/h4-15,18,28H,16-17,19H2,1-3H3,(H,29,31)(H,30,32). The molecular formula is C27H31N3O4. The zero-order valence-electron chi connectivity index (χ0n) is 19.8. The van der Waals surface area contributed by atoms with E-state index in [1.54, 1.807) is 42.5 Å². The largest absolute Gasteiger partial charge is 0.490 e. The molecule has 3 aromatic carbocycles. The maximum atomic E-state index is 12.3. The third kappa shape index (κ3) is 8.50. The van der Waals surface area contributed by atoms with Gasteiger partial charge in [-0.05, 0) is 75.4 Å². The summed E-state index contributed by atoms with van der Waals surface area (Å²) in [4.78, 5) is 24.7. The van der Waals surface area contributed by atoms with Crippen LogP contribution in [0.25, 0.3) is 0 Å². The van der Waals surface area contributed by atoms with Gasteiger partial charge in [0.25, 0.3) is 5.91 Å². The van der Waals surface area contributed by atoms with Crippen LogP contribution in [0.3, 0.4) is 0 Å². The minimum absolute atomic E-state index is 0.0689. The number of benzene rings is 3. The van der Waals surface area contributed by atoms with Crippen LogP contribution in [0.2, 0.25) is 0 Å². The van der Waals surface area contributed by atoms with Gasteiger partial charge in [0.05, 0.1) is 6.54 Å². The van der Waals surface area contributed by atoms with Crippen LogP contribution in [-0.2, 0) is 4.79 Å². The molecule has 0 aromatic heterocycles. The van der Waals surface area contributed by atoms with Crippen molar-refractivity contribution in [2.75, 3.05) is 30.4 Å². The van der Waals surface area contributed by atoms with Crippen LogP contribution in [0.15, 0.2) is 78.9 Å². The van der Waals surface area contributed by atoms with Crippen molar-refractivity contribution in [2.24, 2.45) is 0 Å². The first-order chi connectivity index (χ1) is 16.3. The second-order valence-electron chi connectivity index (χ2n) is 8.72. The van der Waals surface area contributed by atoms with Crippen LogP contribution >= 0.6 is 0 Å². The van der Waals surface area contributed by atoms with Gasteiger partial charge in [0, 0.05) is 22.5 Å². The predicted molar refractivity (Wildman–Crippen MR) is 135 cm³/mol. The Morgan fingerprint density at radius 3 is 2.06 bits per heavy atom. The van der Waals surface area contributed by atoms with Gasteiger partial charge in [-0.3, -0.25) is 9.59 Å². The van der Waals surface area contributed by atoms with Gasteiger partial charge in [0.1, 0.15) is 24.7 Å². The molecule has 3 rings (SSSR count). The van der Waals surface area contributed by atoms with Gasteiger partial charge in [-0.15, -0.1) is 0 Å². The Bertz CT molecular complexity index is 1080. The van der Waals surface area contributed by atoms with E-state index in [0.29, 0.717) is 35.9 Å². The van der Waals surface area contributed by atoms with E-state index in [-0.39, 0.29) is 23.9 Å². The zero-order valence-corrected chi connectivity index (χ0v) is 19.8. The topological polar surface area (TPSA) is 88.7 Å². The molecule has 0 aliphatic rings. The highest BCUT2D eigenvalue weighted by atomic mass is 16.5. The van der Waals surface area contributed by atoms with Gasteiger partial charge in [-0.2, -0.15) is 0 Å². The highest BCUT2D eigenvalue weighted by Gasteiger charge is 2.15. The number of hydrogen-bond donors (Lipinski definition) is 3. The highest BCUT2D eigenvalue weighted by molar-refractivity contribution is 5.96. The number of ether oxygens (including phenoxy) is 2. The Balaban J connectivity index is 1.41. The van der Waals surface area contributed by atoms with Crippen molar-refractivity contribution in [2.45, 2.75) is 26.3 Å². The quantitative estimate of drug-likeness (QED) is 0.380. The fourth-order valence-corrected chi connectivity index (χ4v) is 3.04. The molecular weight excluding hydrogens is 430 g/mol. The van der Waals surface area contributed by atoms with Gasteiger partial charge in [0.2, 0.25) is 5.91 Å². The van der Waals surface area contributed by atoms with Crippen molar-refractivity contribution in [3.63, 3.8) is 0 Å². The number of rotatable bonds is 10. The molecule has 0 saturated carbocycles. The maximum Gasteiger partial charge on any atom is 0.251 e. The zero-order chi connectivity index (χ0) is 24.4. The summed E-state index contributed by atoms with van der Waals surface area (Å²) in [6, 6.07) is 23.8. The second-order valence-corrected chi connectivity index (χ2v) is 8.72. The van der Waals surface area contributed by atoms with Crippen molar-refractivity contribution in [3.8, 4) is 11.5 Å². The van der Waals surface area contributed by atoms with Gasteiger partial charge in [-0.25, -0.2) is 0 Å². The van der Waals surface area contributed by atoms with Gasteiger partial charge >= 0.3 is 0 Å². The number of hydrogen-bond acceptors (Lipinski definition) is 5. The first-order valence-corrected chi connectivity index (χ1v) is 11.2. The molecule has 2 amide bonds. The first kappa shape index (κ1) is 24.6. The Labute approximate surface area is 200 Å². The number of carbonyl (C=O) groups is 2. The Morgan fingerprint density at radius 1 is 0.765 bits per heavy atom. The average molecular weight is 462 g/mol. The molecule has 0 saturated heterocycles. The van der Waals surface area contributed by atoms with Crippen LogP contribution < -0.4 is 25.4 Å². The van der Waals surface area contributed by atoms with E-state index < -0.39 is 0 Å². The van der Waals surface area contributed by atoms with Crippen molar-refractivity contribution in [1.82, 2.24) is 5.32 Å². The summed E-state index contributed by atoms with van der Waals surface area (Å²) in [5.41, 5.74) is 1.57. The van der Waals surface area contributed by atoms with E-state index in [4.69, 9.17) is 9.47 Å². The van der Waals surface area contributed by atoms with Crippen molar-refractivity contribution in [1.29, 1.82) is 0 Å². The molecule has 34 heavy (non-hydrogen) atoms. The summed E-state index contributed by atoms with van der Waals surface area (Å²) in [7, 11) is 0. The van der Waals surface area contributed by atoms with E-state index in [0.717, 1.165) is 5.75 Å². The van der Waals surface area contributed by atoms with Crippen LogP contribution in [0.4, 0.5) is 11.4 Å². The molecule has 0 radical (unpaired) electrons. The third-order valence-corrected chi connectivity index (χ3v) is 4.57. The number of anilines is 2. The van der Waals surface area contributed by atoms with Crippen molar-refractivity contribution >= 4 is 23.2 Å². The molecule has 7 nitrogen and oxygen atoms in total. The lowest BCUT2D eigenvalue weighted by atomic mass is 10.1. The molecule has 0 bridgehead atoms. The van der Waals surface area contributed by atoms with Crippen LogP contribution in [0.1, 0.15) is 31.1 Å². The minimum Gasteiger partial charge on any atom is -0.490 e. The molecule has 178 valence electrons. The van der Waals surface area contributed by atoms with E-state index in [2.05, 4.69) is 16.0 Å². The van der Waals surface area contributed by atoms with E-state index in [1.165, 1.54) is 0 Å². The van der Waals surface area contributed by atoms with Crippen molar-refractivity contribution < 1.29 is 19.1 Å². The lowest BCUT2D eigenvalue weighted by Crippen LogP contribution is -2.40. The van der Waals surface area contributed by atoms with Gasteiger partial charge < -0.3 is 25.4 Å². The molecule has 3 aromatic rings. The number of amides is 2. The van der Waals surface area contributed by atoms with Crippen LogP contribution in [0.5, 0.6) is 11.5 Å². The van der Waals surface area contributed by atoms with Crippen LogP contribution in [-0.4, -0.2) is 37.1 Å². The summed E-state index contributed by atoms with van der Waals surface area (Å²) in [6.07, 6.45) is 0. The Kier molecular flexibility index (Phi) is 8.51. The summed E-state index contributed by atoms with van der Waals surface area (Å²) in [5, 5.41) is 8.81. The van der Waals surface area contributed by atoms with E-state index >= 15 is 0 Å². The summed E-state index contributed by atoms with van der Waals surface area (Å²) in [5.74, 6) is 1.14. The number of para-hydroxylation sites is 1. The minimum atomic E-state index is -0.322. The number of carbonyl (C=O) groups excluding carboxylic acids is 2. The Morgan fingerprint density at radius 2 is 1.41 bits per heavy atom. The highest BCUT2D eigenvalue weighted by Crippen LogP contribution is 2.16. The molecule has 7 heteroatoms.